The molecule has 12 heavy (non-hydrogen) atoms. The Morgan fingerprint density at radius 2 is 2.33 bits per heavy atom. The predicted molar refractivity (Wildman–Crippen MR) is 43.0 cm³/mol. The lowest BCUT2D eigenvalue weighted by atomic mass is 9.93. The third kappa shape index (κ3) is 1.59. The summed E-state index contributed by atoms with van der Waals surface area (Å²) >= 11 is 0. The van der Waals surface area contributed by atoms with Crippen molar-refractivity contribution < 1.29 is 14.4 Å². The first-order valence-corrected chi connectivity index (χ1v) is 4.16. The maximum absolute atomic E-state index is 11.2. The summed E-state index contributed by atoms with van der Waals surface area (Å²) in [7, 11) is 0. The summed E-state index contributed by atoms with van der Waals surface area (Å²) in [6.45, 7) is 6.23. The summed E-state index contributed by atoms with van der Waals surface area (Å²) in [5.74, 6) is -0.122. The van der Waals surface area contributed by atoms with Crippen LogP contribution in [0.2, 0.25) is 0 Å². The van der Waals surface area contributed by atoms with Crippen LogP contribution in [-0.2, 0) is 14.4 Å². The number of amides is 1. The third-order valence-electron chi connectivity index (χ3n) is 1.91. The van der Waals surface area contributed by atoms with Crippen LogP contribution in [0.3, 0.4) is 0 Å². The lowest BCUT2D eigenvalue weighted by Crippen LogP contribution is -2.33. The van der Waals surface area contributed by atoms with Crippen molar-refractivity contribution in [3.05, 3.63) is 0 Å². The number of carbonyl (C=O) groups is 1. The van der Waals surface area contributed by atoms with Crippen molar-refractivity contribution in [3.63, 3.8) is 0 Å². The Bertz CT molecular complexity index is 179. The third-order valence-corrected chi connectivity index (χ3v) is 1.91. The van der Waals surface area contributed by atoms with Gasteiger partial charge in [-0.05, 0) is 20.3 Å². The molecule has 1 N–H and O–H groups in total. The van der Waals surface area contributed by atoms with E-state index in [1.165, 1.54) is 0 Å². The molecule has 1 atom stereocenters. The van der Waals surface area contributed by atoms with Crippen molar-refractivity contribution >= 4 is 5.91 Å². The molecule has 0 spiro atoms. The van der Waals surface area contributed by atoms with E-state index in [1.807, 2.05) is 6.92 Å². The fourth-order valence-corrected chi connectivity index (χ4v) is 0.960. The molecule has 1 unspecified atom stereocenters. The zero-order valence-corrected chi connectivity index (χ0v) is 7.72. The number of nitrogens with one attached hydrogen (secondary N) is 1. The van der Waals surface area contributed by atoms with Crippen LogP contribution in [0.15, 0.2) is 0 Å². The van der Waals surface area contributed by atoms with E-state index >= 15 is 0 Å². The van der Waals surface area contributed by atoms with Gasteiger partial charge in [-0.3, -0.25) is 4.79 Å². The summed E-state index contributed by atoms with van der Waals surface area (Å²) in [4.78, 5) is 16.1. The van der Waals surface area contributed by atoms with Gasteiger partial charge in [-0.15, -0.1) is 0 Å². The first-order chi connectivity index (χ1) is 5.59. The number of hydroxylamine groups is 1. The summed E-state index contributed by atoms with van der Waals surface area (Å²) in [6, 6.07) is 0. The predicted octanol–water partition coefficient (Wildman–Crippen LogP) is 0.827. The number of carbonyl (C=O) groups excluding carboxylic acids is 1. The highest BCUT2D eigenvalue weighted by molar-refractivity contribution is 5.82. The van der Waals surface area contributed by atoms with E-state index in [-0.39, 0.29) is 5.91 Å². The van der Waals surface area contributed by atoms with E-state index in [1.54, 1.807) is 13.8 Å². The number of hydrogen-bond acceptors (Lipinski definition) is 3. The van der Waals surface area contributed by atoms with E-state index in [9.17, 15) is 4.79 Å². The van der Waals surface area contributed by atoms with Crippen LogP contribution < -0.4 is 5.48 Å². The zero-order valence-electron chi connectivity index (χ0n) is 7.72. The van der Waals surface area contributed by atoms with Gasteiger partial charge in [0, 0.05) is 6.61 Å². The van der Waals surface area contributed by atoms with E-state index in [4.69, 9.17) is 9.57 Å². The van der Waals surface area contributed by atoms with Crippen molar-refractivity contribution in [3.8, 4) is 0 Å². The van der Waals surface area contributed by atoms with Gasteiger partial charge in [0.15, 0.2) is 6.29 Å². The van der Waals surface area contributed by atoms with Crippen molar-refractivity contribution in [1.29, 1.82) is 0 Å². The Labute approximate surface area is 72.2 Å². The maximum atomic E-state index is 11.2. The molecule has 1 saturated heterocycles. The first-order valence-electron chi connectivity index (χ1n) is 4.16. The van der Waals surface area contributed by atoms with Crippen LogP contribution in [-0.4, -0.2) is 18.8 Å². The molecule has 4 heteroatoms. The van der Waals surface area contributed by atoms with E-state index < -0.39 is 11.7 Å². The minimum absolute atomic E-state index is 0.122. The van der Waals surface area contributed by atoms with E-state index in [0.717, 1.165) is 6.42 Å². The van der Waals surface area contributed by atoms with E-state index in [0.29, 0.717) is 6.61 Å². The number of hydrogen-bond donors (Lipinski definition) is 1. The van der Waals surface area contributed by atoms with Gasteiger partial charge in [0.2, 0.25) is 0 Å². The van der Waals surface area contributed by atoms with Gasteiger partial charge in [0.1, 0.15) is 0 Å². The molecule has 4 nitrogen and oxygen atoms in total. The summed E-state index contributed by atoms with van der Waals surface area (Å²) in [5.41, 5.74) is 1.73. The monoisotopic (exact) mass is 173 g/mol. The van der Waals surface area contributed by atoms with Gasteiger partial charge in [-0.25, -0.2) is 10.3 Å². The highest BCUT2D eigenvalue weighted by Crippen LogP contribution is 2.28. The standard InChI is InChI=1S/C8H15NO3/c1-4-5-11-7-8(2,3)6(10)9-12-7/h7H,4-5H2,1-3H3,(H,9,10). The molecule has 1 aliphatic rings. The molecular formula is C8H15NO3. The fraction of sp³-hybridized carbons (Fsp3) is 0.875. The molecule has 1 aliphatic heterocycles. The highest BCUT2D eigenvalue weighted by Gasteiger charge is 2.45. The number of ether oxygens (including phenoxy) is 1. The summed E-state index contributed by atoms with van der Waals surface area (Å²) < 4.78 is 5.33. The second kappa shape index (κ2) is 3.41. The molecule has 1 rings (SSSR count). The Balaban J connectivity index is 2.50. The molecule has 0 aromatic rings. The van der Waals surface area contributed by atoms with Crippen molar-refractivity contribution in [1.82, 2.24) is 5.48 Å². The maximum Gasteiger partial charge on any atom is 0.254 e. The van der Waals surface area contributed by atoms with Crippen LogP contribution in [0, 0.1) is 5.41 Å². The van der Waals surface area contributed by atoms with Crippen molar-refractivity contribution in [2.75, 3.05) is 6.61 Å². The average molecular weight is 173 g/mol. The largest absolute Gasteiger partial charge is 0.349 e. The smallest absolute Gasteiger partial charge is 0.254 e. The lowest BCUT2D eigenvalue weighted by molar-refractivity contribution is -0.173. The molecule has 0 saturated carbocycles. The van der Waals surface area contributed by atoms with Crippen LogP contribution in [0.25, 0.3) is 0 Å². The van der Waals surface area contributed by atoms with Gasteiger partial charge in [-0.2, -0.15) is 0 Å². The molecule has 0 bridgehead atoms. The molecule has 1 fully saturated rings. The molecular weight excluding hydrogens is 158 g/mol. The molecule has 0 radical (unpaired) electrons. The van der Waals surface area contributed by atoms with E-state index in [2.05, 4.69) is 5.48 Å². The second-order valence-corrected chi connectivity index (χ2v) is 3.47. The Kier molecular flexibility index (Phi) is 2.69. The first kappa shape index (κ1) is 9.48. The topological polar surface area (TPSA) is 47.6 Å². The molecule has 0 aromatic carbocycles. The van der Waals surface area contributed by atoms with Crippen molar-refractivity contribution in [2.45, 2.75) is 33.5 Å². The summed E-state index contributed by atoms with van der Waals surface area (Å²) in [5, 5.41) is 0. The zero-order chi connectivity index (χ0) is 9.19. The Morgan fingerprint density at radius 3 is 2.75 bits per heavy atom. The fourth-order valence-electron chi connectivity index (χ4n) is 0.960. The van der Waals surface area contributed by atoms with Crippen LogP contribution in [0.1, 0.15) is 27.2 Å². The molecule has 1 amide bonds. The molecule has 0 aromatic heterocycles. The highest BCUT2D eigenvalue weighted by atomic mass is 16.8. The SMILES string of the molecule is CCCOC1ONC(=O)C1(C)C. The molecule has 1 heterocycles. The Morgan fingerprint density at radius 1 is 1.67 bits per heavy atom. The van der Waals surface area contributed by atoms with Crippen LogP contribution >= 0.6 is 0 Å². The van der Waals surface area contributed by atoms with Crippen LogP contribution in [0.4, 0.5) is 0 Å². The van der Waals surface area contributed by atoms with Gasteiger partial charge >= 0.3 is 0 Å². The molecule has 70 valence electrons. The van der Waals surface area contributed by atoms with Gasteiger partial charge < -0.3 is 4.74 Å². The lowest BCUT2D eigenvalue weighted by Gasteiger charge is -2.20. The second-order valence-electron chi connectivity index (χ2n) is 3.47. The minimum atomic E-state index is -0.574. The van der Waals surface area contributed by atoms with Gasteiger partial charge in [-0.1, -0.05) is 6.92 Å². The molecule has 0 aliphatic carbocycles. The minimum Gasteiger partial charge on any atom is -0.349 e. The normalized spacial score (nSPS) is 27.2. The Hall–Kier alpha value is -0.610. The van der Waals surface area contributed by atoms with Gasteiger partial charge in [0.05, 0.1) is 5.41 Å². The quantitative estimate of drug-likeness (QED) is 0.687. The van der Waals surface area contributed by atoms with Crippen molar-refractivity contribution in [2.24, 2.45) is 5.41 Å². The average Bonchev–Trinajstić information content (AvgIpc) is 2.25. The number of rotatable bonds is 3. The van der Waals surface area contributed by atoms with Crippen LogP contribution in [0.5, 0.6) is 0 Å². The summed E-state index contributed by atoms with van der Waals surface area (Å²) in [6.07, 6.45) is 0.467. The van der Waals surface area contributed by atoms with Gasteiger partial charge in [0.25, 0.3) is 5.91 Å².